The minimum absolute atomic E-state index is 0.0991. The van der Waals surface area contributed by atoms with Crippen LogP contribution in [-0.2, 0) is 17.8 Å². The molecule has 9 nitrogen and oxygen atoms in total. The highest BCUT2D eigenvalue weighted by Crippen LogP contribution is 2.23. The number of methoxy groups -OCH3 is 2. The first-order valence-electron chi connectivity index (χ1n) is 9.75. The molecule has 0 radical (unpaired) electrons. The van der Waals surface area contributed by atoms with Crippen LogP contribution in [0.15, 0.2) is 24.4 Å². The molecule has 1 atom stereocenters. The van der Waals surface area contributed by atoms with Gasteiger partial charge in [0.15, 0.2) is 0 Å². The monoisotopic (exact) mass is 413 g/mol. The second kappa shape index (κ2) is 8.98. The molecule has 1 aromatic carbocycles. The van der Waals surface area contributed by atoms with Crippen LogP contribution in [0.25, 0.3) is 0 Å². The molecule has 30 heavy (non-hydrogen) atoms. The van der Waals surface area contributed by atoms with Crippen molar-refractivity contribution in [3.05, 3.63) is 41.2 Å². The molecule has 0 saturated carbocycles. The molecule has 2 heterocycles. The van der Waals surface area contributed by atoms with E-state index in [0.29, 0.717) is 36.6 Å². The predicted octanol–water partition coefficient (Wildman–Crippen LogP) is 1.42. The highest BCUT2D eigenvalue weighted by atomic mass is 16.5. The number of ether oxygens (including phenoxy) is 2. The van der Waals surface area contributed by atoms with Crippen LogP contribution in [0.2, 0.25) is 0 Å². The number of hydrogen-bond acceptors (Lipinski definition) is 7. The van der Waals surface area contributed by atoms with E-state index < -0.39 is 6.04 Å². The Morgan fingerprint density at radius 3 is 2.43 bits per heavy atom. The Labute approximate surface area is 175 Å². The van der Waals surface area contributed by atoms with E-state index in [9.17, 15) is 9.59 Å². The van der Waals surface area contributed by atoms with Crippen molar-refractivity contribution in [2.75, 3.05) is 26.5 Å². The number of nitrogen functional groups attached to an aromatic ring is 1. The molecule has 160 valence electrons. The Balaban J connectivity index is 1.77. The Hall–Kier alpha value is -3.36. The second-order valence-electron chi connectivity index (χ2n) is 7.51. The number of anilines is 1. The van der Waals surface area contributed by atoms with Gasteiger partial charge in [0.05, 0.1) is 19.9 Å². The molecule has 0 saturated heterocycles. The van der Waals surface area contributed by atoms with Gasteiger partial charge in [-0.1, -0.05) is 13.8 Å². The molecular weight excluding hydrogens is 386 g/mol. The van der Waals surface area contributed by atoms with Crippen molar-refractivity contribution in [2.24, 2.45) is 5.92 Å². The molecule has 9 heteroatoms. The molecule has 0 aliphatic carbocycles. The van der Waals surface area contributed by atoms with E-state index in [4.69, 9.17) is 15.2 Å². The topological polar surface area (TPSA) is 120 Å². The fourth-order valence-electron chi connectivity index (χ4n) is 3.39. The summed E-state index contributed by atoms with van der Waals surface area (Å²) in [5.74, 6) is 0.619. The predicted molar refractivity (Wildman–Crippen MR) is 111 cm³/mol. The molecule has 1 aromatic heterocycles. The Morgan fingerprint density at radius 1 is 1.17 bits per heavy atom. The zero-order valence-corrected chi connectivity index (χ0v) is 17.6. The molecule has 0 fully saturated rings. The van der Waals surface area contributed by atoms with Gasteiger partial charge < -0.3 is 25.4 Å². The molecule has 2 amide bonds. The maximum absolute atomic E-state index is 13.2. The Bertz CT molecular complexity index is 925. The van der Waals surface area contributed by atoms with Gasteiger partial charge in [-0.25, -0.2) is 9.97 Å². The van der Waals surface area contributed by atoms with Crippen molar-refractivity contribution in [1.29, 1.82) is 0 Å². The number of hydrogen-bond donors (Lipinski definition) is 2. The maximum Gasteiger partial charge on any atom is 0.252 e. The number of benzene rings is 1. The summed E-state index contributed by atoms with van der Waals surface area (Å²) in [6, 6.07) is 4.23. The summed E-state index contributed by atoms with van der Waals surface area (Å²) in [6.07, 6.45) is 2.25. The number of fused-ring (bicyclic) bond motifs is 1. The molecule has 1 aliphatic heterocycles. The third-order valence-corrected chi connectivity index (χ3v) is 5.10. The summed E-state index contributed by atoms with van der Waals surface area (Å²) in [5.41, 5.74) is 7.74. The average molecular weight is 413 g/mol. The van der Waals surface area contributed by atoms with Crippen LogP contribution >= 0.6 is 0 Å². The first-order valence-corrected chi connectivity index (χ1v) is 9.75. The fraction of sp³-hybridized carbons (Fsp3) is 0.429. The molecule has 3 rings (SSSR count). The SMILES string of the molecule is COc1cc(OC)cc(C(=O)NC(C(=O)N2CCc3nc(N)ncc3C2)C(C)C)c1. The van der Waals surface area contributed by atoms with Crippen molar-refractivity contribution in [3.63, 3.8) is 0 Å². The van der Waals surface area contributed by atoms with Crippen LogP contribution in [0, 0.1) is 5.92 Å². The van der Waals surface area contributed by atoms with E-state index in [-0.39, 0.29) is 23.7 Å². The lowest BCUT2D eigenvalue weighted by atomic mass is 9.99. The van der Waals surface area contributed by atoms with Gasteiger partial charge in [0, 0.05) is 42.9 Å². The molecule has 1 unspecified atom stereocenters. The number of rotatable bonds is 6. The number of carbonyl (C=O) groups excluding carboxylic acids is 2. The van der Waals surface area contributed by atoms with Gasteiger partial charge in [0.2, 0.25) is 11.9 Å². The highest BCUT2D eigenvalue weighted by Gasteiger charge is 2.31. The first kappa shape index (κ1) is 21.4. The Kier molecular flexibility index (Phi) is 6.39. The number of carbonyl (C=O) groups is 2. The normalized spacial score (nSPS) is 14.1. The minimum atomic E-state index is -0.675. The van der Waals surface area contributed by atoms with E-state index in [1.54, 1.807) is 29.3 Å². The standard InChI is InChI=1S/C21H27N5O4/c1-12(2)18(25-19(27)13-7-15(29-3)9-16(8-13)30-4)20(28)26-6-5-17-14(11-26)10-23-21(22)24-17/h7-10,12,18H,5-6,11H2,1-4H3,(H,25,27)(H2,22,23,24). The number of aromatic nitrogens is 2. The summed E-state index contributed by atoms with van der Waals surface area (Å²) in [7, 11) is 3.03. The van der Waals surface area contributed by atoms with Crippen LogP contribution in [0.3, 0.4) is 0 Å². The second-order valence-corrected chi connectivity index (χ2v) is 7.51. The zero-order chi connectivity index (χ0) is 21.8. The van der Waals surface area contributed by atoms with Crippen molar-refractivity contribution in [2.45, 2.75) is 32.9 Å². The van der Waals surface area contributed by atoms with Gasteiger partial charge in [-0.2, -0.15) is 0 Å². The van der Waals surface area contributed by atoms with Gasteiger partial charge in [-0.05, 0) is 18.1 Å². The Morgan fingerprint density at radius 2 is 1.83 bits per heavy atom. The maximum atomic E-state index is 13.2. The number of nitrogens with one attached hydrogen (secondary N) is 1. The summed E-state index contributed by atoms with van der Waals surface area (Å²) < 4.78 is 10.5. The molecule has 2 aromatic rings. The summed E-state index contributed by atoms with van der Waals surface area (Å²) in [5, 5.41) is 2.87. The number of nitrogens with zero attached hydrogens (tertiary/aromatic N) is 3. The van der Waals surface area contributed by atoms with Gasteiger partial charge >= 0.3 is 0 Å². The summed E-state index contributed by atoms with van der Waals surface area (Å²) >= 11 is 0. The third-order valence-electron chi connectivity index (χ3n) is 5.10. The quantitative estimate of drug-likeness (QED) is 0.735. The smallest absolute Gasteiger partial charge is 0.252 e. The van der Waals surface area contributed by atoms with Gasteiger partial charge in [-0.3, -0.25) is 9.59 Å². The highest BCUT2D eigenvalue weighted by molar-refractivity contribution is 5.98. The molecule has 3 N–H and O–H groups in total. The first-order chi connectivity index (χ1) is 14.3. The fourth-order valence-corrected chi connectivity index (χ4v) is 3.39. The van der Waals surface area contributed by atoms with Crippen molar-refractivity contribution < 1.29 is 19.1 Å². The third kappa shape index (κ3) is 4.61. The van der Waals surface area contributed by atoms with Gasteiger partial charge in [0.25, 0.3) is 5.91 Å². The largest absolute Gasteiger partial charge is 0.497 e. The van der Waals surface area contributed by atoms with Crippen LogP contribution in [0.5, 0.6) is 11.5 Å². The van der Waals surface area contributed by atoms with Crippen molar-refractivity contribution in [3.8, 4) is 11.5 Å². The van der Waals surface area contributed by atoms with E-state index in [1.807, 2.05) is 13.8 Å². The molecule has 0 bridgehead atoms. The zero-order valence-electron chi connectivity index (χ0n) is 17.6. The van der Waals surface area contributed by atoms with Crippen LogP contribution < -0.4 is 20.5 Å². The lowest BCUT2D eigenvalue weighted by Gasteiger charge is -2.33. The van der Waals surface area contributed by atoms with E-state index in [0.717, 1.165) is 11.3 Å². The van der Waals surface area contributed by atoms with Crippen LogP contribution in [-0.4, -0.2) is 53.5 Å². The van der Waals surface area contributed by atoms with E-state index in [1.165, 1.54) is 14.2 Å². The molecular formula is C21H27N5O4. The lowest BCUT2D eigenvalue weighted by Crippen LogP contribution is -2.52. The number of amides is 2. The number of nitrogens with two attached hydrogens (primary N) is 1. The summed E-state index contributed by atoms with van der Waals surface area (Å²) in [4.78, 5) is 36.1. The van der Waals surface area contributed by atoms with Crippen LogP contribution in [0.4, 0.5) is 5.95 Å². The van der Waals surface area contributed by atoms with E-state index in [2.05, 4.69) is 15.3 Å². The van der Waals surface area contributed by atoms with Crippen molar-refractivity contribution >= 4 is 17.8 Å². The van der Waals surface area contributed by atoms with E-state index >= 15 is 0 Å². The van der Waals surface area contributed by atoms with Gasteiger partial charge in [-0.15, -0.1) is 0 Å². The molecule has 0 spiro atoms. The summed E-state index contributed by atoms with van der Waals surface area (Å²) in [6.45, 7) is 4.70. The van der Waals surface area contributed by atoms with Crippen molar-refractivity contribution in [1.82, 2.24) is 20.2 Å². The lowest BCUT2D eigenvalue weighted by molar-refractivity contribution is -0.135. The minimum Gasteiger partial charge on any atom is -0.497 e. The van der Waals surface area contributed by atoms with Crippen LogP contribution in [0.1, 0.15) is 35.5 Å². The average Bonchev–Trinajstić information content (AvgIpc) is 2.75. The molecule has 1 aliphatic rings. The van der Waals surface area contributed by atoms with Gasteiger partial charge in [0.1, 0.15) is 17.5 Å².